The lowest BCUT2D eigenvalue weighted by Gasteiger charge is -2.32. The van der Waals surface area contributed by atoms with Crippen molar-refractivity contribution in [2.45, 2.75) is 51.5 Å². The minimum absolute atomic E-state index is 0.0361. The molecule has 0 radical (unpaired) electrons. The van der Waals surface area contributed by atoms with Crippen LogP contribution in [0, 0.1) is 0 Å². The Hall–Kier alpha value is -3.55. The van der Waals surface area contributed by atoms with Crippen molar-refractivity contribution in [3.8, 4) is 0 Å². The molecule has 1 unspecified atom stereocenters. The fourth-order valence-electron chi connectivity index (χ4n) is 4.32. The van der Waals surface area contributed by atoms with E-state index in [1.165, 1.54) is 14.7 Å². The van der Waals surface area contributed by atoms with E-state index < -0.39 is 55.5 Å². The smallest absolute Gasteiger partial charge is 0.317 e. The van der Waals surface area contributed by atoms with Crippen LogP contribution in [-0.4, -0.2) is 128 Å². The second-order valence-electron chi connectivity index (χ2n) is 9.72. The zero-order valence-corrected chi connectivity index (χ0v) is 22.9. The molecule has 1 rings (SSSR count). The molecule has 0 spiro atoms. The number of aryl methyl sites for hydroxylation is 1. The van der Waals surface area contributed by atoms with Crippen LogP contribution in [0.2, 0.25) is 0 Å². The van der Waals surface area contributed by atoms with E-state index in [0.717, 1.165) is 30.4 Å². The molecule has 0 bridgehead atoms. The Balaban J connectivity index is 3.01. The van der Waals surface area contributed by atoms with Crippen molar-refractivity contribution in [2.24, 2.45) is 0 Å². The van der Waals surface area contributed by atoms with Gasteiger partial charge in [-0.25, -0.2) is 0 Å². The van der Waals surface area contributed by atoms with Gasteiger partial charge in [-0.15, -0.1) is 0 Å². The van der Waals surface area contributed by atoms with E-state index in [2.05, 4.69) is 6.92 Å². The molecule has 1 atom stereocenters. The molecule has 40 heavy (non-hydrogen) atoms. The van der Waals surface area contributed by atoms with Crippen molar-refractivity contribution in [1.29, 1.82) is 0 Å². The molecular weight excluding hydrogens is 526 g/mol. The molecule has 0 aliphatic carbocycles. The van der Waals surface area contributed by atoms with Gasteiger partial charge >= 0.3 is 29.8 Å². The lowest BCUT2D eigenvalue weighted by molar-refractivity contribution is -0.143. The first-order valence-electron chi connectivity index (χ1n) is 13.2. The van der Waals surface area contributed by atoms with Gasteiger partial charge in [-0.1, -0.05) is 37.6 Å². The Bertz CT molecular complexity index is 970. The van der Waals surface area contributed by atoms with Crippen LogP contribution in [0.5, 0.6) is 0 Å². The molecule has 5 N–H and O–H groups in total. The molecule has 0 aromatic heterocycles. The van der Waals surface area contributed by atoms with Crippen LogP contribution in [0.1, 0.15) is 43.7 Å². The largest absolute Gasteiger partial charge is 0.481 e. The summed E-state index contributed by atoms with van der Waals surface area (Å²) in [5.74, 6) is -5.65. The monoisotopic (exact) mass is 567 g/mol. The van der Waals surface area contributed by atoms with Crippen LogP contribution in [0.3, 0.4) is 0 Å². The second kappa shape index (κ2) is 18.7. The molecule has 1 aromatic rings. The zero-order chi connectivity index (χ0) is 30.1. The summed E-state index contributed by atoms with van der Waals surface area (Å²) < 4.78 is 0. The van der Waals surface area contributed by atoms with E-state index in [1.54, 1.807) is 0 Å². The highest BCUT2D eigenvalue weighted by Gasteiger charge is 2.25. The summed E-state index contributed by atoms with van der Waals surface area (Å²) in [6, 6.07) is 7.10. The Morgan fingerprint density at radius 3 is 1.62 bits per heavy atom. The van der Waals surface area contributed by atoms with Crippen molar-refractivity contribution < 1.29 is 49.5 Å². The molecule has 0 saturated carbocycles. The minimum atomic E-state index is -1.16. The molecule has 0 fully saturated rings. The predicted molar refractivity (Wildman–Crippen MR) is 144 cm³/mol. The summed E-state index contributed by atoms with van der Waals surface area (Å²) >= 11 is 0. The molecule has 0 aliphatic heterocycles. The number of aliphatic carboxylic acids is 5. The van der Waals surface area contributed by atoms with Crippen LogP contribution < -0.4 is 0 Å². The van der Waals surface area contributed by atoms with Gasteiger partial charge in [0.2, 0.25) is 0 Å². The van der Waals surface area contributed by atoms with Crippen LogP contribution in [0.25, 0.3) is 0 Å². The maximum Gasteiger partial charge on any atom is 0.317 e. The van der Waals surface area contributed by atoms with Gasteiger partial charge in [0.05, 0.1) is 32.5 Å². The molecule has 13 heteroatoms. The number of benzene rings is 1. The fraction of sp³-hybridized carbons (Fsp3) is 0.593. The minimum Gasteiger partial charge on any atom is -0.481 e. The normalized spacial score (nSPS) is 12.1. The maximum atomic E-state index is 11.7. The van der Waals surface area contributed by atoms with Gasteiger partial charge in [0.25, 0.3) is 0 Å². The highest BCUT2D eigenvalue weighted by Crippen LogP contribution is 2.15. The molecule has 1 aromatic carbocycles. The van der Waals surface area contributed by atoms with Crippen LogP contribution in [-0.2, 0) is 36.8 Å². The molecule has 0 amide bonds. The third kappa shape index (κ3) is 15.8. The van der Waals surface area contributed by atoms with E-state index in [4.69, 9.17) is 10.2 Å². The average Bonchev–Trinajstić information content (AvgIpc) is 2.85. The average molecular weight is 568 g/mol. The van der Waals surface area contributed by atoms with Crippen molar-refractivity contribution in [1.82, 2.24) is 14.7 Å². The highest BCUT2D eigenvalue weighted by atomic mass is 16.4. The second-order valence-corrected chi connectivity index (χ2v) is 9.72. The summed E-state index contributed by atoms with van der Waals surface area (Å²) in [6.07, 6.45) is 2.73. The Labute approximate surface area is 233 Å². The molecule has 224 valence electrons. The third-order valence-corrected chi connectivity index (χ3v) is 6.37. The predicted octanol–water partition coefficient (Wildman–Crippen LogP) is 1.05. The van der Waals surface area contributed by atoms with Crippen LogP contribution in [0.4, 0.5) is 0 Å². The fourth-order valence-corrected chi connectivity index (χ4v) is 4.32. The van der Waals surface area contributed by atoms with Crippen molar-refractivity contribution in [3.05, 3.63) is 35.4 Å². The van der Waals surface area contributed by atoms with E-state index >= 15 is 0 Å². The molecule has 0 saturated heterocycles. The first-order valence-corrected chi connectivity index (χ1v) is 13.2. The van der Waals surface area contributed by atoms with Gasteiger partial charge in [-0.2, -0.15) is 0 Å². The number of carbonyl (C=O) groups is 5. The number of hydrogen-bond donors (Lipinski definition) is 5. The summed E-state index contributed by atoms with van der Waals surface area (Å²) in [4.78, 5) is 61.3. The summed E-state index contributed by atoms with van der Waals surface area (Å²) in [5.41, 5.74) is 2.01. The maximum absolute atomic E-state index is 11.7. The van der Waals surface area contributed by atoms with Gasteiger partial charge < -0.3 is 25.5 Å². The number of rotatable bonds is 23. The van der Waals surface area contributed by atoms with Gasteiger partial charge in [-0.05, 0) is 30.4 Å². The number of carboxylic acids is 5. The quantitative estimate of drug-likeness (QED) is 0.126. The Kier molecular flexibility index (Phi) is 16.1. The van der Waals surface area contributed by atoms with E-state index in [0.29, 0.717) is 0 Å². The number of unbranched alkanes of at least 4 members (excludes halogenated alkanes) is 1. The summed E-state index contributed by atoms with van der Waals surface area (Å²) in [7, 11) is 0. The van der Waals surface area contributed by atoms with Crippen LogP contribution in [0.15, 0.2) is 24.3 Å². The lowest BCUT2D eigenvalue weighted by Crippen LogP contribution is -2.47. The van der Waals surface area contributed by atoms with Gasteiger partial charge in [-0.3, -0.25) is 38.7 Å². The highest BCUT2D eigenvalue weighted by molar-refractivity contribution is 5.71. The summed E-state index contributed by atoms with van der Waals surface area (Å²) in [5, 5.41) is 46.5. The first kappa shape index (κ1) is 34.5. The molecule has 13 nitrogen and oxygen atoms in total. The molecular formula is C27H41N3O10. The molecule has 0 heterocycles. The number of nitrogens with zero attached hydrogens (tertiary/aromatic N) is 3. The standard InChI is InChI=1S/C27H41N3O10/c1-2-3-4-20-5-7-21(8-6-20)15-22(16-24(33)34)30(19-27(39)40)14-13-29(18-26(37)38)12-11-28(17-25(35)36)10-9-23(31)32/h5-8,22H,2-4,9-19H2,1H3,(H,31,32)(H,33,34)(H,35,36)(H,37,38)(H,39,40). The topological polar surface area (TPSA) is 196 Å². The van der Waals surface area contributed by atoms with E-state index in [1.807, 2.05) is 24.3 Å². The van der Waals surface area contributed by atoms with Gasteiger partial charge in [0.1, 0.15) is 0 Å². The summed E-state index contributed by atoms with van der Waals surface area (Å²) in [6.45, 7) is 1.08. The Morgan fingerprint density at radius 2 is 1.15 bits per heavy atom. The van der Waals surface area contributed by atoms with Gasteiger partial charge in [0.15, 0.2) is 0 Å². The van der Waals surface area contributed by atoms with Crippen molar-refractivity contribution in [3.63, 3.8) is 0 Å². The van der Waals surface area contributed by atoms with E-state index in [-0.39, 0.29) is 52.0 Å². The van der Waals surface area contributed by atoms with Crippen molar-refractivity contribution in [2.75, 3.05) is 52.4 Å². The van der Waals surface area contributed by atoms with Crippen LogP contribution >= 0.6 is 0 Å². The Morgan fingerprint density at radius 1 is 0.650 bits per heavy atom. The number of hydrogen-bond acceptors (Lipinski definition) is 8. The van der Waals surface area contributed by atoms with Gasteiger partial charge in [0, 0.05) is 38.8 Å². The zero-order valence-electron chi connectivity index (χ0n) is 22.9. The van der Waals surface area contributed by atoms with E-state index in [9.17, 15) is 39.3 Å². The first-order chi connectivity index (χ1) is 18.9. The lowest BCUT2D eigenvalue weighted by atomic mass is 9.99. The SMILES string of the molecule is CCCCc1ccc(CC(CC(=O)O)N(CCN(CCN(CCC(=O)O)CC(=O)O)CC(=O)O)CC(=O)O)cc1. The third-order valence-electron chi connectivity index (χ3n) is 6.37. The number of carboxylic acid groups (broad SMARTS) is 5. The van der Waals surface area contributed by atoms with Crippen molar-refractivity contribution >= 4 is 29.8 Å². The molecule has 0 aliphatic rings.